The number of carboxylic acid groups (broad SMARTS) is 2. The van der Waals surface area contributed by atoms with Crippen molar-refractivity contribution in [2.75, 3.05) is 0 Å². The maximum absolute atomic E-state index is 9.49. The third-order valence-electron chi connectivity index (χ3n) is 0.933. The van der Waals surface area contributed by atoms with Crippen LogP contribution in [0.15, 0.2) is 24.3 Å². The normalized spacial score (nSPS) is 8.18. The molecule has 0 saturated carbocycles. The van der Waals surface area contributed by atoms with Crippen molar-refractivity contribution >= 4 is 11.9 Å². The van der Waals surface area contributed by atoms with Crippen molar-refractivity contribution in [3.63, 3.8) is 0 Å². The fourth-order valence-electron chi connectivity index (χ4n) is 0. The molecule has 95 valence electrons. The molecule has 0 radical (unpaired) electrons. The van der Waals surface area contributed by atoms with E-state index in [-0.39, 0.29) is 11.1 Å². The van der Waals surface area contributed by atoms with Crippen molar-refractivity contribution < 1.29 is 43.9 Å². The van der Waals surface area contributed by atoms with Crippen LogP contribution in [0.4, 0.5) is 0 Å². The number of carbonyl (C=O) groups is 2. The van der Waals surface area contributed by atoms with Crippen molar-refractivity contribution in [3.8, 4) is 0 Å². The predicted octanol–water partition coefficient (Wildman–Crippen LogP) is -0.502. The molecule has 0 saturated heterocycles. The van der Waals surface area contributed by atoms with Gasteiger partial charge in [0.25, 0.3) is 0 Å². The van der Waals surface area contributed by atoms with Gasteiger partial charge in [-0.25, -0.2) is 0 Å². The number of rotatable bonds is 3. The van der Waals surface area contributed by atoms with Crippen LogP contribution in [0, 0.1) is 0 Å². The Morgan fingerprint density at radius 1 is 1.06 bits per heavy atom. The summed E-state index contributed by atoms with van der Waals surface area (Å²) in [7, 11) is 0. The van der Waals surface area contributed by atoms with E-state index in [0.717, 1.165) is 0 Å². The van der Waals surface area contributed by atoms with Gasteiger partial charge in [-0.3, -0.25) is 0 Å². The average Bonchev–Trinajstić information content (AvgIpc) is 2.19. The summed E-state index contributed by atoms with van der Waals surface area (Å²) in [5, 5.41) is 19.0. The molecule has 0 aromatic heterocycles. The predicted molar refractivity (Wildman–Crippen MR) is 55.9 cm³/mol. The van der Waals surface area contributed by atoms with E-state index in [1.165, 1.54) is 13.8 Å². The number of aliphatic carboxylic acids is 2. The molecule has 5 nitrogen and oxygen atoms in total. The zero-order chi connectivity index (χ0) is 14.6. The van der Waals surface area contributed by atoms with Crippen molar-refractivity contribution in [1.82, 2.24) is 0 Å². The molecule has 0 aliphatic rings. The number of carbonyl (C=O) groups excluding carboxylic acids is 2. The number of hydrogen-bond donors (Lipinski definition) is 0. The Morgan fingerprint density at radius 3 is 1.18 bits per heavy atom. The second-order valence-electron chi connectivity index (χ2n) is 3.30. The van der Waals surface area contributed by atoms with Crippen LogP contribution in [-0.4, -0.2) is 18.0 Å². The fourth-order valence-corrected chi connectivity index (χ4v) is 0. The summed E-state index contributed by atoms with van der Waals surface area (Å²) >= 11 is 1.70. The van der Waals surface area contributed by atoms with Crippen LogP contribution in [-0.2, 0) is 33.7 Å². The zero-order valence-corrected chi connectivity index (χ0v) is 12.1. The first-order valence-corrected chi connectivity index (χ1v) is 5.26. The first-order valence-electron chi connectivity index (χ1n) is 4.62. The molecule has 0 aromatic rings. The minimum absolute atomic E-state index is 0.0648. The summed E-state index contributed by atoms with van der Waals surface area (Å²) in [6, 6.07) is 0. The third kappa shape index (κ3) is 31.3. The summed E-state index contributed by atoms with van der Waals surface area (Å²) < 4.78 is 4.75. The van der Waals surface area contributed by atoms with Gasteiger partial charge in [0.2, 0.25) is 0 Å². The van der Waals surface area contributed by atoms with Gasteiger partial charge < -0.3 is 19.8 Å². The number of carboxylic acids is 2. The van der Waals surface area contributed by atoms with Crippen LogP contribution in [0.2, 0.25) is 0 Å². The summed E-state index contributed by atoms with van der Waals surface area (Å²) in [6.45, 7) is 13.0. The summed E-state index contributed by atoms with van der Waals surface area (Å²) in [5.41, 5.74) is 0.130. The van der Waals surface area contributed by atoms with Crippen molar-refractivity contribution in [2.45, 2.75) is 33.8 Å². The van der Waals surface area contributed by atoms with E-state index in [9.17, 15) is 19.8 Å². The molecular formula is C11H17O5Ti. The molecule has 0 aliphatic carbocycles. The van der Waals surface area contributed by atoms with Crippen LogP contribution in [0.25, 0.3) is 0 Å². The van der Waals surface area contributed by atoms with Crippen LogP contribution < -0.4 is 10.2 Å². The van der Waals surface area contributed by atoms with Gasteiger partial charge in [0.1, 0.15) is 0 Å². The molecule has 17 heavy (non-hydrogen) atoms. The standard InChI is InChI=1S/2C4H6O2.C3H7O.Ti/c2*1-3(2)4(5)6;1-3(2)4;/h2*1H2,2H3,(H,5,6);3H,1-2H3;/q;;-1;+3/p-2. The van der Waals surface area contributed by atoms with E-state index < -0.39 is 11.9 Å². The van der Waals surface area contributed by atoms with Crippen LogP contribution in [0.5, 0.6) is 0 Å². The van der Waals surface area contributed by atoms with Crippen molar-refractivity contribution in [1.29, 1.82) is 0 Å². The molecule has 0 aromatic carbocycles. The fraction of sp³-hybridized carbons (Fsp3) is 0.455. The van der Waals surface area contributed by atoms with E-state index in [2.05, 4.69) is 13.2 Å². The minimum atomic E-state index is -1.19. The molecule has 0 aliphatic heterocycles. The molecule has 0 amide bonds. The van der Waals surface area contributed by atoms with Gasteiger partial charge in [-0.05, 0) is 25.0 Å². The molecular weight excluding hydrogens is 260 g/mol. The average molecular weight is 277 g/mol. The zero-order valence-electron chi connectivity index (χ0n) is 10.5. The van der Waals surface area contributed by atoms with Gasteiger partial charge in [0.15, 0.2) is 0 Å². The molecule has 0 heterocycles. The molecule has 0 unspecified atom stereocenters. The molecule has 0 fully saturated rings. The van der Waals surface area contributed by atoms with E-state index >= 15 is 0 Å². The van der Waals surface area contributed by atoms with Gasteiger partial charge in [0, 0.05) is 0 Å². The van der Waals surface area contributed by atoms with Crippen LogP contribution in [0.3, 0.4) is 0 Å². The Hall–Kier alpha value is -0.906. The monoisotopic (exact) mass is 277 g/mol. The van der Waals surface area contributed by atoms with Gasteiger partial charge in [-0.2, -0.15) is 0 Å². The third-order valence-corrected chi connectivity index (χ3v) is 1.67. The Morgan fingerprint density at radius 2 is 1.18 bits per heavy atom. The topological polar surface area (TPSA) is 89.5 Å². The Balaban J connectivity index is -0.000000174. The van der Waals surface area contributed by atoms with E-state index in [1.54, 1.807) is 20.8 Å². The maximum atomic E-state index is 9.49. The first kappa shape index (κ1) is 21.4. The van der Waals surface area contributed by atoms with E-state index in [1.807, 2.05) is 13.8 Å². The van der Waals surface area contributed by atoms with Gasteiger partial charge in [-0.1, -0.05) is 13.2 Å². The second-order valence-corrected chi connectivity index (χ2v) is 3.67. The Labute approximate surface area is 114 Å². The molecule has 0 N–H and O–H groups in total. The van der Waals surface area contributed by atoms with Gasteiger partial charge in [0.05, 0.1) is 11.9 Å². The van der Waals surface area contributed by atoms with Crippen molar-refractivity contribution in [3.05, 3.63) is 24.3 Å². The summed E-state index contributed by atoms with van der Waals surface area (Å²) in [4.78, 5) is 19.0. The Kier molecular flexibility index (Phi) is 16.6. The quantitative estimate of drug-likeness (QED) is 0.512. The SMILES string of the molecule is C=C(C)C(=O)[O-].C=C(C)C(=O)[O-].CC(C)[O][Ti+2]. The molecule has 0 spiro atoms. The summed E-state index contributed by atoms with van der Waals surface area (Å²) in [6.07, 6.45) is 0.384. The van der Waals surface area contributed by atoms with Crippen molar-refractivity contribution in [2.24, 2.45) is 0 Å². The van der Waals surface area contributed by atoms with Crippen LogP contribution >= 0.6 is 0 Å². The molecule has 0 bridgehead atoms. The van der Waals surface area contributed by atoms with E-state index in [4.69, 9.17) is 3.32 Å². The van der Waals surface area contributed by atoms with E-state index in [0.29, 0.717) is 6.10 Å². The molecule has 6 heteroatoms. The van der Waals surface area contributed by atoms with Gasteiger partial charge >= 0.3 is 44.1 Å². The summed E-state index contributed by atoms with van der Waals surface area (Å²) in [5.74, 6) is -2.37. The Bertz CT molecular complexity index is 223. The van der Waals surface area contributed by atoms with Gasteiger partial charge in [-0.15, -0.1) is 0 Å². The number of hydrogen-bond acceptors (Lipinski definition) is 5. The second kappa shape index (κ2) is 13.2. The molecule has 0 rings (SSSR count). The molecule has 0 atom stereocenters. The van der Waals surface area contributed by atoms with Crippen LogP contribution in [0.1, 0.15) is 27.7 Å². The first-order chi connectivity index (χ1) is 7.56.